The molecule has 1 amide bonds. The highest BCUT2D eigenvalue weighted by atomic mass is 16.2. The number of nitrogens with zero attached hydrogens (tertiary/aromatic N) is 2. The number of rotatable bonds is 1. The third-order valence-corrected chi connectivity index (χ3v) is 3.06. The molecule has 0 aromatic carbocycles. The van der Waals surface area contributed by atoms with Gasteiger partial charge in [-0.15, -0.1) is 0 Å². The Labute approximate surface area is 101 Å². The van der Waals surface area contributed by atoms with E-state index >= 15 is 0 Å². The summed E-state index contributed by atoms with van der Waals surface area (Å²) in [5.41, 5.74) is 1.11. The van der Waals surface area contributed by atoms with Crippen molar-refractivity contribution >= 4 is 25.3 Å². The van der Waals surface area contributed by atoms with E-state index < -0.39 is 5.54 Å². The number of pyridine rings is 1. The van der Waals surface area contributed by atoms with Crippen LogP contribution < -0.4 is 10.9 Å². The predicted molar refractivity (Wildman–Crippen MR) is 68.0 cm³/mol. The van der Waals surface area contributed by atoms with Crippen molar-refractivity contribution in [2.75, 3.05) is 7.05 Å². The third kappa shape index (κ3) is 2.02. The van der Waals surface area contributed by atoms with Crippen molar-refractivity contribution in [3.8, 4) is 0 Å². The van der Waals surface area contributed by atoms with Gasteiger partial charge < -0.3 is 5.32 Å². The van der Waals surface area contributed by atoms with Crippen LogP contribution in [0.15, 0.2) is 18.2 Å². The molecule has 1 aromatic rings. The summed E-state index contributed by atoms with van der Waals surface area (Å²) in [6, 6.07) is 5.71. The second-order valence-electron chi connectivity index (χ2n) is 4.60. The van der Waals surface area contributed by atoms with Crippen molar-refractivity contribution in [1.82, 2.24) is 15.2 Å². The Morgan fingerprint density at radius 1 is 1.59 bits per heavy atom. The third-order valence-electron chi connectivity index (χ3n) is 3.06. The molecule has 0 aliphatic carbocycles. The van der Waals surface area contributed by atoms with Crippen molar-refractivity contribution in [3.05, 3.63) is 23.9 Å². The highest BCUT2D eigenvalue weighted by Gasteiger charge is 2.38. The van der Waals surface area contributed by atoms with Crippen LogP contribution in [0.4, 0.5) is 0 Å². The first kappa shape index (κ1) is 11.6. The lowest BCUT2D eigenvalue weighted by atomic mass is 9.89. The first-order valence-electron chi connectivity index (χ1n) is 5.50. The van der Waals surface area contributed by atoms with E-state index in [1.54, 1.807) is 7.05 Å². The number of carbonyl (C=O) groups excluding carboxylic acids is 1. The minimum absolute atomic E-state index is 0.0699. The Bertz CT molecular complexity index is 470. The molecule has 0 spiro atoms. The Balaban J connectivity index is 2.37. The topological polar surface area (TPSA) is 69.1 Å². The van der Waals surface area contributed by atoms with Gasteiger partial charge in [-0.2, -0.15) is 0 Å². The molecule has 0 radical (unpaired) electrons. The van der Waals surface area contributed by atoms with Crippen LogP contribution in [0.3, 0.4) is 0 Å². The predicted octanol–water partition coefficient (Wildman–Crippen LogP) is -1.06. The summed E-state index contributed by atoms with van der Waals surface area (Å²) < 4.78 is 0. The highest BCUT2D eigenvalue weighted by Crippen LogP contribution is 2.26. The lowest BCUT2D eigenvalue weighted by Crippen LogP contribution is -2.58. The molecule has 1 aliphatic rings. The Morgan fingerprint density at radius 3 is 2.88 bits per heavy atom. The summed E-state index contributed by atoms with van der Waals surface area (Å²) in [5.74, 6) is 0.0478. The van der Waals surface area contributed by atoms with E-state index in [1.807, 2.05) is 33.0 Å². The first-order chi connectivity index (χ1) is 7.92. The quantitative estimate of drug-likeness (QED) is 0.604. The van der Waals surface area contributed by atoms with E-state index in [4.69, 9.17) is 5.41 Å². The molecule has 88 valence electrons. The average Bonchev–Trinajstić information content (AvgIpc) is 2.26. The zero-order valence-corrected chi connectivity index (χ0v) is 10.2. The van der Waals surface area contributed by atoms with E-state index in [1.165, 1.54) is 4.90 Å². The van der Waals surface area contributed by atoms with Crippen LogP contribution in [-0.2, 0) is 10.3 Å². The number of amides is 1. The second-order valence-corrected chi connectivity index (χ2v) is 4.60. The molecule has 1 atom stereocenters. The Hall–Kier alpha value is -1.85. The van der Waals surface area contributed by atoms with E-state index in [9.17, 15) is 4.79 Å². The lowest BCUT2D eigenvalue weighted by molar-refractivity contribution is -0.129. The Morgan fingerprint density at radius 2 is 2.29 bits per heavy atom. The highest BCUT2D eigenvalue weighted by molar-refractivity contribution is 6.30. The number of hydrogen-bond acceptors (Lipinski definition) is 3. The van der Waals surface area contributed by atoms with E-state index in [-0.39, 0.29) is 11.9 Å². The van der Waals surface area contributed by atoms with Gasteiger partial charge in [0.1, 0.15) is 0 Å². The summed E-state index contributed by atoms with van der Waals surface area (Å²) in [7, 11) is 3.51. The number of aromatic nitrogens is 1. The molecular weight excluding hydrogens is 215 g/mol. The summed E-state index contributed by atoms with van der Waals surface area (Å²) in [4.78, 5) is 17.5. The van der Waals surface area contributed by atoms with E-state index in [0.29, 0.717) is 6.42 Å². The van der Waals surface area contributed by atoms with Gasteiger partial charge in [0.25, 0.3) is 0 Å². The molecular formula is C11H15BN4O. The summed E-state index contributed by atoms with van der Waals surface area (Å²) in [6.07, 6.45) is 0.308. The number of hydrogen-bond donors (Lipinski definition) is 2. The first-order valence-corrected chi connectivity index (χ1v) is 5.50. The van der Waals surface area contributed by atoms with Gasteiger partial charge in [0, 0.05) is 7.05 Å². The van der Waals surface area contributed by atoms with E-state index in [0.717, 1.165) is 11.3 Å². The van der Waals surface area contributed by atoms with Crippen molar-refractivity contribution < 1.29 is 4.79 Å². The van der Waals surface area contributed by atoms with Crippen molar-refractivity contribution in [2.45, 2.75) is 18.9 Å². The van der Waals surface area contributed by atoms with Crippen LogP contribution in [0, 0.1) is 5.41 Å². The Kier molecular flexibility index (Phi) is 2.65. The average molecular weight is 230 g/mol. The minimum Gasteiger partial charge on any atom is -0.345 e. The fraction of sp³-hybridized carbons (Fsp3) is 0.364. The minimum atomic E-state index is -0.591. The molecule has 0 saturated carbocycles. The summed E-state index contributed by atoms with van der Waals surface area (Å²) >= 11 is 0. The standard InChI is InChI=1S/C11H15BN4O/c1-11(7-4-3-5-8(12)14-7)6-9(17)16(2)10(13)15-11/h3-5H,6,12H2,1-2H3,(H2,13,15)/t11-/m0/s1. The maximum Gasteiger partial charge on any atom is 0.231 e. The largest absolute Gasteiger partial charge is 0.345 e. The molecule has 1 fully saturated rings. The number of carbonyl (C=O) groups is 1. The maximum atomic E-state index is 11.8. The molecule has 6 heteroatoms. The van der Waals surface area contributed by atoms with Crippen LogP contribution in [-0.4, -0.2) is 36.6 Å². The van der Waals surface area contributed by atoms with Gasteiger partial charge in [-0.05, 0) is 18.6 Å². The molecule has 5 nitrogen and oxygen atoms in total. The van der Waals surface area contributed by atoms with Gasteiger partial charge in [0.05, 0.1) is 17.7 Å². The number of nitrogens with one attached hydrogen (secondary N) is 2. The molecule has 1 aliphatic heterocycles. The maximum absolute atomic E-state index is 11.8. The lowest BCUT2D eigenvalue weighted by Gasteiger charge is -2.38. The van der Waals surface area contributed by atoms with Crippen LogP contribution in [0.2, 0.25) is 0 Å². The SMILES string of the molecule is Bc1cccc([C@]2(C)CC(=O)N(C)C(=N)N2)n1. The second kappa shape index (κ2) is 3.87. The number of guanidine groups is 1. The fourth-order valence-corrected chi connectivity index (χ4v) is 1.94. The molecule has 2 heterocycles. The van der Waals surface area contributed by atoms with Gasteiger partial charge in [-0.3, -0.25) is 20.1 Å². The zero-order chi connectivity index (χ0) is 12.6. The van der Waals surface area contributed by atoms with Crippen molar-refractivity contribution in [2.24, 2.45) is 0 Å². The molecule has 2 N–H and O–H groups in total. The molecule has 1 aromatic heterocycles. The fourth-order valence-electron chi connectivity index (χ4n) is 1.94. The van der Waals surface area contributed by atoms with E-state index in [2.05, 4.69) is 10.3 Å². The molecule has 0 unspecified atom stereocenters. The van der Waals surface area contributed by atoms with Crippen molar-refractivity contribution in [1.29, 1.82) is 5.41 Å². The monoisotopic (exact) mass is 230 g/mol. The smallest absolute Gasteiger partial charge is 0.231 e. The molecule has 0 bridgehead atoms. The molecule has 17 heavy (non-hydrogen) atoms. The van der Waals surface area contributed by atoms with Gasteiger partial charge in [-0.25, -0.2) is 0 Å². The van der Waals surface area contributed by atoms with Crippen LogP contribution in [0.25, 0.3) is 0 Å². The summed E-state index contributed by atoms with van der Waals surface area (Å²) in [5, 5.41) is 10.8. The molecule has 1 saturated heterocycles. The van der Waals surface area contributed by atoms with Gasteiger partial charge in [-0.1, -0.05) is 12.1 Å². The van der Waals surface area contributed by atoms with Crippen LogP contribution >= 0.6 is 0 Å². The molecule has 2 rings (SSSR count). The zero-order valence-electron chi connectivity index (χ0n) is 10.2. The van der Waals surface area contributed by atoms with Gasteiger partial charge >= 0.3 is 0 Å². The van der Waals surface area contributed by atoms with Gasteiger partial charge in [0.15, 0.2) is 13.8 Å². The normalized spacial score (nSPS) is 24.7. The summed E-state index contributed by atoms with van der Waals surface area (Å²) in [6.45, 7) is 1.90. The van der Waals surface area contributed by atoms with Crippen LogP contribution in [0.1, 0.15) is 19.0 Å². The van der Waals surface area contributed by atoms with Crippen molar-refractivity contribution in [3.63, 3.8) is 0 Å². The van der Waals surface area contributed by atoms with Crippen LogP contribution in [0.5, 0.6) is 0 Å². The van der Waals surface area contributed by atoms with Gasteiger partial charge in [0.2, 0.25) is 5.91 Å².